The van der Waals surface area contributed by atoms with Gasteiger partial charge in [0.25, 0.3) is 5.91 Å². The fourth-order valence-electron chi connectivity index (χ4n) is 5.11. The van der Waals surface area contributed by atoms with Crippen molar-refractivity contribution >= 4 is 39.2 Å². The molecule has 1 aromatic carbocycles. The molecule has 1 aliphatic rings. The molecule has 3 heterocycles. The number of fused-ring (bicyclic) bond motifs is 1. The van der Waals surface area contributed by atoms with Crippen LogP contribution >= 0.6 is 11.3 Å². The molecule has 7 nitrogen and oxygen atoms in total. The van der Waals surface area contributed by atoms with Gasteiger partial charge in [-0.25, -0.2) is 4.98 Å². The second-order valence-electron chi connectivity index (χ2n) is 9.00. The molecule has 1 amide bonds. The van der Waals surface area contributed by atoms with Gasteiger partial charge in [0.05, 0.1) is 18.5 Å². The van der Waals surface area contributed by atoms with E-state index in [2.05, 4.69) is 9.97 Å². The minimum absolute atomic E-state index is 0.0141. The van der Waals surface area contributed by atoms with Crippen molar-refractivity contribution in [1.29, 1.82) is 0 Å². The molecular weight excluding hydrogens is 460 g/mol. The molecule has 8 heteroatoms. The van der Waals surface area contributed by atoms with E-state index in [9.17, 15) is 14.7 Å². The van der Waals surface area contributed by atoms with Gasteiger partial charge in [-0.05, 0) is 55.2 Å². The molecule has 1 N–H and O–H groups in total. The summed E-state index contributed by atoms with van der Waals surface area (Å²) in [4.78, 5) is 37.7. The van der Waals surface area contributed by atoms with Crippen LogP contribution in [-0.2, 0) is 17.8 Å². The minimum Gasteiger partial charge on any atom is -0.392 e. The van der Waals surface area contributed by atoms with E-state index in [1.807, 2.05) is 35.4 Å². The average Bonchev–Trinajstić information content (AvgIpc) is 3.51. The molecule has 1 saturated carbocycles. The smallest absolute Gasteiger partial charge is 0.262 e. The molecule has 0 aliphatic heterocycles. The Morgan fingerprint density at radius 2 is 1.89 bits per heavy atom. The molecule has 35 heavy (non-hydrogen) atoms. The molecule has 0 spiro atoms. The second kappa shape index (κ2) is 10.1. The average molecular weight is 489 g/mol. The normalized spacial score (nSPS) is 14.3. The first-order chi connectivity index (χ1) is 17.1. The topological polar surface area (TPSA) is 88.3 Å². The van der Waals surface area contributed by atoms with Gasteiger partial charge < -0.3 is 5.11 Å². The highest BCUT2D eigenvalue weighted by molar-refractivity contribution is 7.13. The molecule has 180 valence electrons. The summed E-state index contributed by atoms with van der Waals surface area (Å²) in [5.41, 5.74) is 3.52. The third-order valence-corrected chi connectivity index (χ3v) is 7.64. The Labute approximate surface area is 208 Å². The fraction of sp³-hybridized carbons (Fsp3) is 0.333. The molecule has 0 bridgehead atoms. The number of carbonyl (C=O) groups is 2. The van der Waals surface area contributed by atoms with Crippen LogP contribution in [-0.4, -0.2) is 37.5 Å². The van der Waals surface area contributed by atoms with Crippen LogP contribution in [0.15, 0.2) is 54.3 Å². The number of benzene rings is 1. The highest BCUT2D eigenvalue weighted by Gasteiger charge is 2.30. The number of hydrogen-bond donors (Lipinski definition) is 1. The van der Waals surface area contributed by atoms with Gasteiger partial charge in [0, 0.05) is 46.7 Å². The molecule has 1 fully saturated rings. The van der Waals surface area contributed by atoms with Crippen LogP contribution in [0.2, 0.25) is 0 Å². The first-order valence-electron chi connectivity index (χ1n) is 12.0. The van der Waals surface area contributed by atoms with Crippen LogP contribution in [0.25, 0.3) is 10.9 Å². The van der Waals surface area contributed by atoms with Crippen molar-refractivity contribution in [3.8, 4) is 0 Å². The summed E-state index contributed by atoms with van der Waals surface area (Å²) >= 11 is 1.48. The number of thiazole rings is 1. The van der Waals surface area contributed by atoms with Gasteiger partial charge in [-0.1, -0.05) is 25.3 Å². The monoisotopic (exact) mass is 488 g/mol. The summed E-state index contributed by atoms with van der Waals surface area (Å²) in [5, 5.41) is 13.2. The number of nitrogens with zero attached hydrogens (tertiary/aromatic N) is 4. The Hall–Kier alpha value is -3.36. The molecule has 0 saturated heterocycles. The molecule has 1 aliphatic carbocycles. The van der Waals surface area contributed by atoms with Gasteiger partial charge in [-0.2, -0.15) is 0 Å². The van der Waals surface area contributed by atoms with E-state index in [0.717, 1.165) is 58.5 Å². The lowest BCUT2D eigenvalue weighted by Crippen LogP contribution is -2.42. The standard InChI is InChI=1S/C27H28N4O3S/c1-18-22(16-25(33)31(27-29-13-14-35-27)21-5-3-2-4-6-21)23-15-19(17-32)7-8-24(23)30(18)26(34)20-9-11-28-12-10-20/h7-15,21,32H,2-6,16-17H2,1H3. The Bertz CT molecular complexity index is 1340. The van der Waals surface area contributed by atoms with E-state index in [1.54, 1.807) is 35.3 Å². The van der Waals surface area contributed by atoms with Gasteiger partial charge >= 0.3 is 0 Å². The number of rotatable bonds is 6. The van der Waals surface area contributed by atoms with Crippen molar-refractivity contribution in [2.24, 2.45) is 0 Å². The molecule has 0 atom stereocenters. The van der Waals surface area contributed by atoms with Crippen LogP contribution in [0.1, 0.15) is 59.3 Å². The number of carbonyl (C=O) groups excluding carboxylic acids is 2. The van der Waals surface area contributed by atoms with Gasteiger partial charge in [-0.3, -0.25) is 24.0 Å². The van der Waals surface area contributed by atoms with Gasteiger partial charge in [-0.15, -0.1) is 11.3 Å². The molecule has 0 radical (unpaired) electrons. The first-order valence-corrected chi connectivity index (χ1v) is 12.9. The van der Waals surface area contributed by atoms with Crippen molar-refractivity contribution in [3.05, 3.63) is 76.7 Å². The van der Waals surface area contributed by atoms with Gasteiger partial charge in [0.15, 0.2) is 5.13 Å². The predicted octanol–water partition coefficient (Wildman–Crippen LogP) is 4.89. The Balaban J connectivity index is 1.58. The fourth-order valence-corrected chi connectivity index (χ4v) is 5.84. The third kappa shape index (κ3) is 4.51. The molecule has 3 aromatic heterocycles. The zero-order valence-electron chi connectivity index (χ0n) is 19.7. The zero-order valence-corrected chi connectivity index (χ0v) is 20.5. The minimum atomic E-state index is -0.172. The van der Waals surface area contributed by atoms with Crippen molar-refractivity contribution < 1.29 is 14.7 Å². The number of aromatic nitrogens is 3. The Kier molecular flexibility index (Phi) is 6.74. The van der Waals surface area contributed by atoms with Crippen LogP contribution in [0.4, 0.5) is 5.13 Å². The lowest BCUT2D eigenvalue weighted by Gasteiger charge is -2.32. The van der Waals surface area contributed by atoms with Crippen LogP contribution in [0, 0.1) is 6.92 Å². The number of hydrogen-bond acceptors (Lipinski definition) is 6. The highest BCUT2D eigenvalue weighted by Crippen LogP contribution is 2.32. The Morgan fingerprint density at radius 3 is 2.57 bits per heavy atom. The molecule has 5 rings (SSSR count). The third-order valence-electron chi connectivity index (χ3n) is 6.87. The van der Waals surface area contributed by atoms with Crippen LogP contribution < -0.4 is 4.90 Å². The lowest BCUT2D eigenvalue weighted by molar-refractivity contribution is -0.118. The predicted molar refractivity (Wildman–Crippen MR) is 137 cm³/mol. The van der Waals surface area contributed by atoms with Crippen molar-refractivity contribution in [2.45, 2.75) is 58.1 Å². The number of aliphatic hydroxyl groups is 1. The quantitative estimate of drug-likeness (QED) is 0.417. The number of anilines is 1. The van der Waals surface area contributed by atoms with Crippen LogP contribution in [0.5, 0.6) is 0 Å². The second-order valence-corrected chi connectivity index (χ2v) is 9.87. The van der Waals surface area contributed by atoms with E-state index in [0.29, 0.717) is 5.56 Å². The number of pyridine rings is 1. The van der Waals surface area contributed by atoms with E-state index in [-0.39, 0.29) is 30.9 Å². The maximum atomic E-state index is 13.9. The molecule has 0 unspecified atom stereocenters. The summed E-state index contributed by atoms with van der Waals surface area (Å²) in [5.74, 6) is -0.186. The molecular formula is C27H28N4O3S. The van der Waals surface area contributed by atoms with Gasteiger partial charge in [0.2, 0.25) is 5.91 Å². The van der Waals surface area contributed by atoms with Crippen molar-refractivity contribution in [3.63, 3.8) is 0 Å². The summed E-state index contributed by atoms with van der Waals surface area (Å²) in [6.45, 7) is 1.77. The lowest BCUT2D eigenvalue weighted by atomic mass is 9.94. The summed E-state index contributed by atoms with van der Waals surface area (Å²) in [6.07, 6.45) is 10.5. The first kappa shape index (κ1) is 23.4. The van der Waals surface area contributed by atoms with Crippen LogP contribution in [0.3, 0.4) is 0 Å². The summed E-state index contributed by atoms with van der Waals surface area (Å²) in [6, 6.07) is 9.06. The van der Waals surface area contributed by atoms with Crippen molar-refractivity contribution in [1.82, 2.24) is 14.5 Å². The van der Waals surface area contributed by atoms with E-state index in [1.165, 1.54) is 17.8 Å². The zero-order chi connectivity index (χ0) is 24.4. The Morgan fingerprint density at radius 1 is 1.11 bits per heavy atom. The van der Waals surface area contributed by atoms with E-state index < -0.39 is 0 Å². The van der Waals surface area contributed by atoms with E-state index >= 15 is 0 Å². The van der Waals surface area contributed by atoms with Gasteiger partial charge in [0.1, 0.15) is 0 Å². The maximum Gasteiger partial charge on any atom is 0.262 e. The van der Waals surface area contributed by atoms with Crippen molar-refractivity contribution in [2.75, 3.05) is 4.90 Å². The van der Waals surface area contributed by atoms with E-state index in [4.69, 9.17) is 0 Å². The summed E-state index contributed by atoms with van der Waals surface area (Å²) in [7, 11) is 0. The largest absolute Gasteiger partial charge is 0.392 e. The number of aliphatic hydroxyl groups excluding tert-OH is 1. The SMILES string of the molecule is Cc1c(CC(=O)N(c2nccs2)C2CCCCC2)c2cc(CO)ccc2n1C(=O)c1ccncc1. The number of amides is 1. The molecule has 4 aromatic rings. The summed E-state index contributed by atoms with van der Waals surface area (Å²) < 4.78 is 1.67. The highest BCUT2D eigenvalue weighted by atomic mass is 32.1. The maximum absolute atomic E-state index is 13.9.